The summed E-state index contributed by atoms with van der Waals surface area (Å²) in [6, 6.07) is 3.36. The summed E-state index contributed by atoms with van der Waals surface area (Å²) in [5.41, 5.74) is 2.56. The number of hydrogen-bond donors (Lipinski definition) is 2. The Kier molecular flexibility index (Phi) is 4.04. The molecule has 2 rings (SSSR count). The highest BCUT2D eigenvalue weighted by Gasteiger charge is 2.28. The van der Waals surface area contributed by atoms with Gasteiger partial charge in [0.15, 0.2) is 0 Å². The van der Waals surface area contributed by atoms with E-state index in [0.717, 1.165) is 12.8 Å². The predicted molar refractivity (Wildman–Crippen MR) is 60.0 cm³/mol. The number of ether oxygens (including phenoxy) is 1. The molecule has 5 heteroatoms. The Bertz CT molecular complexity index is 361. The molecule has 94 valence electrons. The SMILES string of the molecule is NNC(c1c(F)cccc1F)C1CCOCC1. The third-order valence-corrected chi connectivity index (χ3v) is 3.23. The minimum absolute atomic E-state index is 0.0295. The predicted octanol–water partition coefficient (Wildman–Crippen LogP) is 1.90. The maximum atomic E-state index is 13.7. The number of nitrogens with one attached hydrogen (secondary N) is 1. The van der Waals surface area contributed by atoms with Crippen molar-refractivity contribution in [3.8, 4) is 0 Å². The van der Waals surface area contributed by atoms with Gasteiger partial charge >= 0.3 is 0 Å². The van der Waals surface area contributed by atoms with Gasteiger partial charge in [-0.3, -0.25) is 11.3 Å². The van der Waals surface area contributed by atoms with Crippen molar-refractivity contribution in [3.05, 3.63) is 35.4 Å². The first-order valence-electron chi connectivity index (χ1n) is 5.72. The van der Waals surface area contributed by atoms with Gasteiger partial charge in [0.25, 0.3) is 0 Å². The monoisotopic (exact) mass is 242 g/mol. The van der Waals surface area contributed by atoms with Gasteiger partial charge in [0.1, 0.15) is 11.6 Å². The highest BCUT2D eigenvalue weighted by Crippen LogP contribution is 2.32. The molecule has 3 N–H and O–H groups in total. The Balaban J connectivity index is 2.27. The second-order valence-corrected chi connectivity index (χ2v) is 4.23. The molecule has 1 aromatic carbocycles. The second-order valence-electron chi connectivity index (χ2n) is 4.23. The van der Waals surface area contributed by atoms with E-state index < -0.39 is 17.7 Å². The zero-order valence-electron chi connectivity index (χ0n) is 9.46. The molecule has 1 aliphatic heterocycles. The lowest BCUT2D eigenvalue weighted by Crippen LogP contribution is -2.37. The lowest BCUT2D eigenvalue weighted by molar-refractivity contribution is 0.0526. The van der Waals surface area contributed by atoms with Crippen LogP contribution in [-0.2, 0) is 4.74 Å². The number of nitrogens with two attached hydrogens (primary N) is 1. The highest BCUT2D eigenvalue weighted by molar-refractivity contribution is 5.24. The summed E-state index contributed by atoms with van der Waals surface area (Å²) in [5, 5.41) is 0. The van der Waals surface area contributed by atoms with Crippen LogP contribution >= 0.6 is 0 Å². The van der Waals surface area contributed by atoms with Gasteiger partial charge in [-0.2, -0.15) is 0 Å². The van der Waals surface area contributed by atoms with E-state index in [1.165, 1.54) is 18.2 Å². The molecular formula is C12H16F2N2O. The average molecular weight is 242 g/mol. The first-order valence-corrected chi connectivity index (χ1v) is 5.72. The Labute approximate surface area is 98.9 Å². The van der Waals surface area contributed by atoms with Crippen LogP contribution in [0.4, 0.5) is 8.78 Å². The molecule has 0 spiro atoms. The van der Waals surface area contributed by atoms with Crippen molar-refractivity contribution in [1.29, 1.82) is 0 Å². The van der Waals surface area contributed by atoms with Crippen LogP contribution in [0, 0.1) is 17.6 Å². The number of halogens is 2. The summed E-state index contributed by atoms with van der Waals surface area (Å²) in [6.45, 7) is 1.22. The van der Waals surface area contributed by atoms with E-state index in [2.05, 4.69) is 5.43 Å². The molecule has 0 amide bonds. The Morgan fingerprint density at radius 2 is 1.82 bits per heavy atom. The maximum absolute atomic E-state index is 13.7. The van der Waals surface area contributed by atoms with Crippen molar-refractivity contribution < 1.29 is 13.5 Å². The Morgan fingerprint density at radius 3 is 2.35 bits per heavy atom. The summed E-state index contributed by atoms with van der Waals surface area (Å²) < 4.78 is 32.6. The molecule has 0 bridgehead atoms. The molecule has 0 saturated carbocycles. The number of hydrogen-bond acceptors (Lipinski definition) is 3. The van der Waals surface area contributed by atoms with E-state index in [4.69, 9.17) is 10.6 Å². The lowest BCUT2D eigenvalue weighted by Gasteiger charge is -2.30. The molecule has 1 unspecified atom stereocenters. The quantitative estimate of drug-likeness (QED) is 0.628. The van der Waals surface area contributed by atoms with Gasteiger partial charge in [0.05, 0.1) is 6.04 Å². The van der Waals surface area contributed by atoms with Crippen molar-refractivity contribution in [2.75, 3.05) is 13.2 Å². The van der Waals surface area contributed by atoms with E-state index in [-0.39, 0.29) is 11.5 Å². The van der Waals surface area contributed by atoms with Crippen LogP contribution < -0.4 is 11.3 Å². The Hall–Kier alpha value is -1.04. The zero-order valence-corrected chi connectivity index (χ0v) is 9.46. The Morgan fingerprint density at radius 1 is 1.24 bits per heavy atom. The van der Waals surface area contributed by atoms with Crippen LogP contribution in [0.1, 0.15) is 24.4 Å². The standard InChI is InChI=1S/C12H16F2N2O/c13-9-2-1-3-10(14)11(9)12(16-15)8-4-6-17-7-5-8/h1-3,8,12,16H,4-7,15H2. The minimum Gasteiger partial charge on any atom is -0.381 e. The van der Waals surface area contributed by atoms with Gasteiger partial charge in [-0.15, -0.1) is 0 Å². The smallest absolute Gasteiger partial charge is 0.130 e. The van der Waals surface area contributed by atoms with Gasteiger partial charge in [-0.05, 0) is 30.9 Å². The van der Waals surface area contributed by atoms with E-state index in [0.29, 0.717) is 13.2 Å². The van der Waals surface area contributed by atoms with Crippen LogP contribution in [0.15, 0.2) is 18.2 Å². The van der Waals surface area contributed by atoms with Crippen molar-refractivity contribution in [2.45, 2.75) is 18.9 Å². The van der Waals surface area contributed by atoms with E-state index in [1.807, 2.05) is 0 Å². The van der Waals surface area contributed by atoms with E-state index in [9.17, 15) is 8.78 Å². The van der Waals surface area contributed by atoms with Gasteiger partial charge in [-0.1, -0.05) is 6.07 Å². The van der Waals surface area contributed by atoms with Crippen molar-refractivity contribution in [3.63, 3.8) is 0 Å². The van der Waals surface area contributed by atoms with Gasteiger partial charge < -0.3 is 4.74 Å². The molecule has 0 aliphatic carbocycles. The van der Waals surface area contributed by atoms with Crippen LogP contribution in [-0.4, -0.2) is 13.2 Å². The van der Waals surface area contributed by atoms with Crippen LogP contribution in [0.25, 0.3) is 0 Å². The molecule has 1 atom stereocenters. The normalized spacial score (nSPS) is 19.2. The third kappa shape index (κ3) is 2.62. The average Bonchev–Trinajstić information content (AvgIpc) is 2.35. The van der Waals surface area contributed by atoms with Crippen LogP contribution in [0.3, 0.4) is 0 Å². The lowest BCUT2D eigenvalue weighted by atomic mass is 9.87. The number of hydrazine groups is 1. The van der Waals surface area contributed by atoms with Gasteiger partial charge in [0.2, 0.25) is 0 Å². The molecule has 1 aliphatic rings. The largest absolute Gasteiger partial charge is 0.381 e. The number of benzene rings is 1. The summed E-state index contributed by atoms with van der Waals surface area (Å²) >= 11 is 0. The molecule has 1 aromatic rings. The molecule has 0 radical (unpaired) electrons. The molecule has 3 nitrogen and oxygen atoms in total. The fourth-order valence-electron chi connectivity index (χ4n) is 2.31. The third-order valence-electron chi connectivity index (χ3n) is 3.23. The maximum Gasteiger partial charge on any atom is 0.130 e. The van der Waals surface area contributed by atoms with Crippen molar-refractivity contribution in [2.24, 2.45) is 11.8 Å². The molecule has 1 saturated heterocycles. The second kappa shape index (κ2) is 5.53. The minimum atomic E-state index is -0.556. The molecule has 0 aromatic heterocycles. The molecule has 1 heterocycles. The van der Waals surface area contributed by atoms with Gasteiger partial charge in [0, 0.05) is 18.8 Å². The van der Waals surface area contributed by atoms with Crippen LogP contribution in [0.2, 0.25) is 0 Å². The summed E-state index contributed by atoms with van der Waals surface area (Å²) in [7, 11) is 0. The summed E-state index contributed by atoms with van der Waals surface area (Å²) in [5.74, 6) is 4.43. The molecular weight excluding hydrogens is 226 g/mol. The first-order chi connectivity index (χ1) is 8.24. The highest BCUT2D eigenvalue weighted by atomic mass is 19.1. The first kappa shape index (κ1) is 12.4. The molecule has 1 fully saturated rings. The van der Waals surface area contributed by atoms with Gasteiger partial charge in [-0.25, -0.2) is 8.78 Å². The fraction of sp³-hybridized carbons (Fsp3) is 0.500. The van der Waals surface area contributed by atoms with E-state index in [1.54, 1.807) is 0 Å². The van der Waals surface area contributed by atoms with Crippen molar-refractivity contribution in [1.82, 2.24) is 5.43 Å². The van der Waals surface area contributed by atoms with E-state index >= 15 is 0 Å². The summed E-state index contributed by atoms with van der Waals surface area (Å²) in [6.07, 6.45) is 1.51. The topological polar surface area (TPSA) is 47.3 Å². The van der Waals surface area contributed by atoms with Crippen molar-refractivity contribution >= 4 is 0 Å². The zero-order chi connectivity index (χ0) is 12.3. The molecule has 17 heavy (non-hydrogen) atoms. The summed E-state index contributed by atoms with van der Waals surface area (Å²) in [4.78, 5) is 0. The van der Waals surface area contributed by atoms with Crippen LogP contribution in [0.5, 0.6) is 0 Å². The fourth-order valence-corrected chi connectivity index (χ4v) is 2.31. The number of rotatable bonds is 3.